The van der Waals surface area contributed by atoms with Gasteiger partial charge in [-0.2, -0.15) is 0 Å². The Morgan fingerprint density at radius 2 is 1.76 bits per heavy atom. The van der Waals surface area contributed by atoms with Gasteiger partial charge < -0.3 is 19.7 Å². The Hall–Kier alpha value is -4.59. The van der Waals surface area contributed by atoms with E-state index in [9.17, 15) is 24.6 Å². The van der Waals surface area contributed by atoms with E-state index in [1.807, 2.05) is 19.9 Å². The van der Waals surface area contributed by atoms with Gasteiger partial charge in [-0.05, 0) is 73.9 Å². The van der Waals surface area contributed by atoms with E-state index in [1.165, 1.54) is 30.2 Å². The van der Waals surface area contributed by atoms with Gasteiger partial charge in [0.2, 0.25) is 0 Å². The van der Waals surface area contributed by atoms with Crippen LogP contribution in [0.2, 0.25) is 0 Å². The Labute approximate surface area is 214 Å². The molecule has 1 amide bonds. The second-order valence-electron chi connectivity index (χ2n) is 8.70. The molecule has 8 nitrogen and oxygen atoms in total. The summed E-state index contributed by atoms with van der Waals surface area (Å²) in [5.41, 5.74) is 2.52. The molecule has 0 saturated carbocycles. The number of aromatic hydroxyl groups is 1. The van der Waals surface area contributed by atoms with Gasteiger partial charge in [-0.3, -0.25) is 14.5 Å². The van der Waals surface area contributed by atoms with E-state index in [0.29, 0.717) is 11.3 Å². The quantitative estimate of drug-likeness (QED) is 0.215. The van der Waals surface area contributed by atoms with Crippen molar-refractivity contribution in [2.24, 2.45) is 0 Å². The number of methoxy groups -OCH3 is 1. The van der Waals surface area contributed by atoms with Crippen LogP contribution >= 0.6 is 0 Å². The summed E-state index contributed by atoms with van der Waals surface area (Å²) in [6.45, 7) is 5.52. The lowest BCUT2D eigenvalue weighted by Crippen LogP contribution is -2.29. The van der Waals surface area contributed by atoms with Crippen LogP contribution in [0.15, 0.2) is 66.2 Å². The molecule has 4 rings (SSSR count). The topological polar surface area (TPSA) is 113 Å². The minimum Gasteiger partial charge on any atom is -0.508 e. The lowest BCUT2D eigenvalue weighted by Gasteiger charge is -2.26. The number of nitrogens with zero attached hydrogens (tertiary/aromatic N) is 1. The van der Waals surface area contributed by atoms with Crippen LogP contribution in [0, 0.1) is 13.8 Å². The third kappa shape index (κ3) is 4.65. The highest BCUT2D eigenvalue weighted by molar-refractivity contribution is 6.51. The van der Waals surface area contributed by atoms with Gasteiger partial charge in [0.05, 0.1) is 36.5 Å². The summed E-state index contributed by atoms with van der Waals surface area (Å²) >= 11 is 0. The molecule has 0 spiro atoms. The third-order valence-electron chi connectivity index (χ3n) is 6.14. The first kappa shape index (κ1) is 25.5. The van der Waals surface area contributed by atoms with E-state index < -0.39 is 29.5 Å². The minimum absolute atomic E-state index is 0.0765. The first-order valence-electron chi connectivity index (χ1n) is 11.7. The molecule has 3 aromatic carbocycles. The average molecular weight is 502 g/mol. The van der Waals surface area contributed by atoms with Crippen molar-refractivity contribution in [2.75, 3.05) is 18.6 Å². The molecule has 1 fully saturated rings. The monoisotopic (exact) mass is 501 g/mol. The number of carbonyl (C=O) groups excluding carboxylic acids is 3. The molecule has 3 aromatic rings. The third-order valence-corrected chi connectivity index (χ3v) is 6.14. The van der Waals surface area contributed by atoms with Gasteiger partial charge in [-0.1, -0.05) is 24.3 Å². The van der Waals surface area contributed by atoms with Crippen LogP contribution in [0.1, 0.15) is 45.6 Å². The number of benzene rings is 3. The molecule has 190 valence electrons. The van der Waals surface area contributed by atoms with Crippen molar-refractivity contribution in [3.63, 3.8) is 0 Å². The highest BCUT2D eigenvalue weighted by Crippen LogP contribution is 2.44. The van der Waals surface area contributed by atoms with Crippen molar-refractivity contribution in [3.8, 4) is 11.5 Å². The van der Waals surface area contributed by atoms with Gasteiger partial charge >= 0.3 is 5.97 Å². The maximum Gasteiger partial charge on any atom is 0.338 e. The van der Waals surface area contributed by atoms with Gasteiger partial charge in [0.15, 0.2) is 0 Å². The zero-order chi connectivity index (χ0) is 26.9. The first-order chi connectivity index (χ1) is 17.7. The number of phenolic OH excluding ortho intramolecular Hbond substituents is 1. The normalized spacial score (nSPS) is 16.6. The number of aliphatic hydroxyl groups excluding tert-OH is 1. The summed E-state index contributed by atoms with van der Waals surface area (Å²) in [6.07, 6.45) is 0. The number of Topliss-reactive ketones (excluding diaryl/α,β-unsaturated/α-hetero) is 1. The van der Waals surface area contributed by atoms with Gasteiger partial charge in [-0.25, -0.2) is 4.79 Å². The summed E-state index contributed by atoms with van der Waals surface area (Å²) in [5.74, 6) is -2.48. The van der Waals surface area contributed by atoms with E-state index in [1.54, 1.807) is 43.3 Å². The smallest absolute Gasteiger partial charge is 0.338 e. The predicted octanol–water partition coefficient (Wildman–Crippen LogP) is 4.82. The predicted molar refractivity (Wildman–Crippen MR) is 138 cm³/mol. The van der Waals surface area contributed by atoms with Crippen molar-refractivity contribution in [1.82, 2.24) is 0 Å². The maximum absolute atomic E-state index is 13.5. The van der Waals surface area contributed by atoms with Gasteiger partial charge in [0.1, 0.15) is 17.3 Å². The fourth-order valence-corrected chi connectivity index (χ4v) is 4.65. The second-order valence-corrected chi connectivity index (χ2v) is 8.70. The van der Waals surface area contributed by atoms with Crippen molar-refractivity contribution < 1.29 is 34.1 Å². The minimum atomic E-state index is -1.09. The number of hydrogen-bond acceptors (Lipinski definition) is 7. The van der Waals surface area contributed by atoms with Crippen LogP contribution < -0.4 is 9.64 Å². The molecule has 1 heterocycles. The molecule has 1 aliphatic heterocycles. The maximum atomic E-state index is 13.5. The number of rotatable bonds is 6. The fourth-order valence-electron chi connectivity index (χ4n) is 4.65. The van der Waals surface area contributed by atoms with E-state index >= 15 is 0 Å². The number of esters is 1. The van der Waals surface area contributed by atoms with E-state index in [4.69, 9.17) is 9.47 Å². The van der Waals surface area contributed by atoms with Gasteiger partial charge in [-0.15, -0.1) is 0 Å². The highest BCUT2D eigenvalue weighted by atomic mass is 16.5. The van der Waals surface area contributed by atoms with Crippen LogP contribution in [0.25, 0.3) is 5.76 Å². The molecule has 2 N–H and O–H groups in total. The zero-order valence-electron chi connectivity index (χ0n) is 20.9. The standard InChI is InChI=1S/C29H27NO7/c1-5-37-29(35)19-9-6-10-20(14-19)30-24(18-8-7-11-21(31)15-18)23(26(33)28(30)34)25(32)22-13-16(2)12-17(3)27(22)36-4/h6-15,24,31-32H,5H2,1-4H3/b25-23+. The van der Waals surface area contributed by atoms with E-state index in [2.05, 4.69) is 0 Å². The molecule has 1 saturated heterocycles. The van der Waals surface area contributed by atoms with Crippen molar-refractivity contribution in [1.29, 1.82) is 0 Å². The number of aliphatic hydroxyl groups is 1. The molecule has 1 atom stereocenters. The Morgan fingerprint density at radius 1 is 1.03 bits per heavy atom. The van der Waals surface area contributed by atoms with E-state index in [0.717, 1.165) is 11.1 Å². The second kappa shape index (κ2) is 10.2. The Kier molecular flexibility index (Phi) is 7.02. The van der Waals surface area contributed by atoms with Crippen molar-refractivity contribution in [3.05, 3.63) is 94.1 Å². The molecular weight excluding hydrogens is 474 g/mol. The number of phenols is 1. The molecule has 1 unspecified atom stereocenters. The molecular formula is C29H27NO7. The zero-order valence-corrected chi connectivity index (χ0v) is 20.9. The molecule has 8 heteroatoms. The Morgan fingerprint density at radius 3 is 2.43 bits per heavy atom. The Balaban J connectivity index is 1.98. The number of carbonyl (C=O) groups is 3. The van der Waals surface area contributed by atoms with Crippen LogP contribution in [0.3, 0.4) is 0 Å². The summed E-state index contributed by atoms with van der Waals surface area (Å²) in [7, 11) is 1.46. The van der Waals surface area contributed by atoms with Crippen LogP contribution in [0.4, 0.5) is 5.69 Å². The number of amides is 1. The van der Waals surface area contributed by atoms with Gasteiger partial charge in [0, 0.05) is 5.69 Å². The summed E-state index contributed by atoms with van der Waals surface area (Å²) < 4.78 is 10.6. The number of aryl methyl sites for hydroxylation is 2. The summed E-state index contributed by atoms with van der Waals surface area (Å²) in [4.78, 5) is 40.5. The summed E-state index contributed by atoms with van der Waals surface area (Å²) in [5, 5.41) is 21.7. The van der Waals surface area contributed by atoms with Crippen molar-refractivity contribution >= 4 is 29.1 Å². The number of ketones is 1. The van der Waals surface area contributed by atoms with E-state index in [-0.39, 0.29) is 34.7 Å². The molecule has 1 aliphatic rings. The number of hydrogen-bond donors (Lipinski definition) is 2. The lowest BCUT2D eigenvalue weighted by molar-refractivity contribution is -0.132. The number of ether oxygens (including phenoxy) is 2. The molecule has 37 heavy (non-hydrogen) atoms. The molecule has 0 aliphatic carbocycles. The van der Waals surface area contributed by atoms with Crippen molar-refractivity contribution in [2.45, 2.75) is 26.8 Å². The molecule has 0 aromatic heterocycles. The van der Waals surface area contributed by atoms with Crippen LogP contribution in [0.5, 0.6) is 11.5 Å². The first-order valence-corrected chi connectivity index (χ1v) is 11.7. The fraction of sp³-hybridized carbons (Fsp3) is 0.207. The van der Waals surface area contributed by atoms with Gasteiger partial charge in [0.25, 0.3) is 11.7 Å². The summed E-state index contributed by atoms with van der Waals surface area (Å²) in [6, 6.07) is 14.7. The average Bonchev–Trinajstić information content (AvgIpc) is 3.13. The molecule has 0 bridgehead atoms. The molecule has 0 radical (unpaired) electrons. The van der Waals surface area contributed by atoms with Crippen LogP contribution in [-0.2, 0) is 14.3 Å². The lowest BCUT2D eigenvalue weighted by atomic mass is 9.93. The number of anilines is 1. The Bertz CT molecular complexity index is 1440. The SMILES string of the molecule is CCOC(=O)c1cccc(N2C(=O)C(=O)/C(=C(/O)c3cc(C)cc(C)c3OC)C2c2cccc(O)c2)c1. The largest absolute Gasteiger partial charge is 0.508 e. The van der Waals surface area contributed by atoms with Crippen LogP contribution in [-0.4, -0.2) is 41.6 Å². The highest BCUT2D eigenvalue weighted by Gasteiger charge is 2.47.